The molecule has 3 rings (SSSR count). The van der Waals surface area contributed by atoms with E-state index in [4.69, 9.17) is 5.11 Å². The Bertz CT molecular complexity index is 681. The third-order valence-corrected chi connectivity index (χ3v) is 4.97. The van der Waals surface area contributed by atoms with Gasteiger partial charge in [-0.1, -0.05) is 0 Å². The molecule has 0 spiro atoms. The van der Waals surface area contributed by atoms with Crippen molar-refractivity contribution in [1.29, 1.82) is 0 Å². The van der Waals surface area contributed by atoms with Crippen molar-refractivity contribution >= 4 is 33.3 Å². The summed E-state index contributed by atoms with van der Waals surface area (Å²) in [5, 5.41) is 13.2. The van der Waals surface area contributed by atoms with Crippen molar-refractivity contribution in [3.05, 3.63) is 16.3 Å². The lowest BCUT2D eigenvalue weighted by Crippen LogP contribution is -2.08. The fourth-order valence-electron chi connectivity index (χ4n) is 2.84. The van der Waals surface area contributed by atoms with Gasteiger partial charge < -0.3 is 10.4 Å². The van der Waals surface area contributed by atoms with Crippen molar-refractivity contribution in [2.45, 2.75) is 45.4 Å². The molecule has 2 aromatic rings. The van der Waals surface area contributed by atoms with E-state index in [-0.39, 0.29) is 6.42 Å². The van der Waals surface area contributed by atoms with E-state index in [1.54, 1.807) is 11.3 Å². The van der Waals surface area contributed by atoms with Gasteiger partial charge in [-0.25, -0.2) is 9.97 Å². The molecular formula is C15H19N3O2S. The Balaban J connectivity index is 1.89. The minimum Gasteiger partial charge on any atom is -0.481 e. The fourth-order valence-corrected chi connectivity index (χ4v) is 4.15. The molecule has 0 atom stereocenters. The third kappa shape index (κ3) is 3.00. The van der Waals surface area contributed by atoms with Crippen LogP contribution in [-0.2, 0) is 17.6 Å². The van der Waals surface area contributed by atoms with E-state index >= 15 is 0 Å². The number of carboxylic acid groups (broad SMARTS) is 1. The highest BCUT2D eigenvalue weighted by Crippen LogP contribution is 2.38. The number of rotatable bonds is 5. The quantitative estimate of drug-likeness (QED) is 0.830. The van der Waals surface area contributed by atoms with Gasteiger partial charge in [-0.3, -0.25) is 4.79 Å². The molecule has 0 amide bonds. The maximum atomic E-state index is 10.6. The molecule has 2 aromatic heterocycles. The molecule has 0 unspecified atom stereocenters. The first kappa shape index (κ1) is 14.3. The molecule has 5 nitrogen and oxygen atoms in total. The molecule has 21 heavy (non-hydrogen) atoms. The van der Waals surface area contributed by atoms with E-state index in [0.717, 1.165) is 34.7 Å². The van der Waals surface area contributed by atoms with Crippen LogP contribution in [0.2, 0.25) is 0 Å². The van der Waals surface area contributed by atoms with Crippen LogP contribution in [0, 0.1) is 6.92 Å². The fraction of sp³-hybridized carbons (Fsp3) is 0.533. The van der Waals surface area contributed by atoms with Gasteiger partial charge in [-0.2, -0.15) is 0 Å². The Kier molecular flexibility index (Phi) is 4.05. The average Bonchev–Trinajstić information content (AvgIpc) is 2.81. The van der Waals surface area contributed by atoms with Gasteiger partial charge in [0.1, 0.15) is 16.5 Å². The number of thiophene rings is 1. The second-order valence-corrected chi connectivity index (χ2v) is 6.52. The number of fused-ring (bicyclic) bond motifs is 3. The van der Waals surface area contributed by atoms with Gasteiger partial charge in [0.05, 0.1) is 5.39 Å². The highest BCUT2D eigenvalue weighted by Gasteiger charge is 2.20. The van der Waals surface area contributed by atoms with Crippen LogP contribution in [0.5, 0.6) is 0 Å². The Labute approximate surface area is 127 Å². The first-order chi connectivity index (χ1) is 10.1. The van der Waals surface area contributed by atoms with Gasteiger partial charge in [-0.05, 0) is 44.6 Å². The Morgan fingerprint density at radius 2 is 2.14 bits per heavy atom. The maximum absolute atomic E-state index is 10.6. The summed E-state index contributed by atoms with van der Waals surface area (Å²) in [6.45, 7) is 2.53. The standard InChI is InChI=1S/C15H19N3O2S/c1-9-17-14(16-8-4-7-12(19)20)13-10-5-2-3-6-11(10)21-15(13)18-9/h2-8H2,1H3,(H,19,20)(H,16,17,18). The second-order valence-electron chi connectivity index (χ2n) is 5.43. The van der Waals surface area contributed by atoms with E-state index in [2.05, 4.69) is 15.3 Å². The summed E-state index contributed by atoms with van der Waals surface area (Å²) in [5.41, 5.74) is 1.40. The van der Waals surface area contributed by atoms with Gasteiger partial charge in [0.25, 0.3) is 0 Å². The number of aromatic nitrogens is 2. The van der Waals surface area contributed by atoms with Crippen molar-refractivity contribution in [1.82, 2.24) is 9.97 Å². The minimum absolute atomic E-state index is 0.182. The number of anilines is 1. The number of hydrogen-bond donors (Lipinski definition) is 2. The number of nitrogens with one attached hydrogen (secondary N) is 1. The van der Waals surface area contributed by atoms with Gasteiger partial charge in [-0.15, -0.1) is 11.3 Å². The summed E-state index contributed by atoms with van der Waals surface area (Å²) in [6, 6.07) is 0. The van der Waals surface area contributed by atoms with Gasteiger partial charge >= 0.3 is 5.97 Å². The van der Waals surface area contributed by atoms with Crippen molar-refractivity contribution in [2.75, 3.05) is 11.9 Å². The molecule has 0 fully saturated rings. The second kappa shape index (κ2) is 5.97. The maximum Gasteiger partial charge on any atom is 0.303 e. The van der Waals surface area contributed by atoms with Crippen LogP contribution in [-0.4, -0.2) is 27.6 Å². The summed E-state index contributed by atoms with van der Waals surface area (Å²) >= 11 is 1.79. The number of carbonyl (C=O) groups is 1. The van der Waals surface area contributed by atoms with Crippen molar-refractivity contribution in [2.24, 2.45) is 0 Å². The smallest absolute Gasteiger partial charge is 0.303 e. The summed E-state index contributed by atoms with van der Waals surface area (Å²) in [5.74, 6) is 0.887. The molecular weight excluding hydrogens is 286 g/mol. The van der Waals surface area contributed by atoms with Crippen LogP contribution >= 0.6 is 11.3 Å². The van der Waals surface area contributed by atoms with E-state index in [1.165, 1.54) is 23.3 Å². The monoisotopic (exact) mass is 305 g/mol. The highest BCUT2D eigenvalue weighted by molar-refractivity contribution is 7.19. The van der Waals surface area contributed by atoms with Crippen LogP contribution in [0.15, 0.2) is 0 Å². The molecule has 6 heteroatoms. The molecule has 0 aromatic carbocycles. The molecule has 2 heterocycles. The zero-order valence-electron chi connectivity index (χ0n) is 12.1. The van der Waals surface area contributed by atoms with E-state index in [1.807, 2.05) is 6.92 Å². The predicted octanol–water partition coefficient (Wildman–Crippen LogP) is 3.16. The number of aryl methyl sites for hydroxylation is 3. The molecule has 2 N–H and O–H groups in total. The molecule has 0 saturated heterocycles. The van der Waals surface area contributed by atoms with Crippen LogP contribution in [0.1, 0.15) is 41.9 Å². The molecule has 1 aliphatic rings. The van der Waals surface area contributed by atoms with E-state index < -0.39 is 5.97 Å². The number of nitrogens with zero attached hydrogens (tertiary/aromatic N) is 2. The topological polar surface area (TPSA) is 75.1 Å². The van der Waals surface area contributed by atoms with Crippen LogP contribution in [0.3, 0.4) is 0 Å². The first-order valence-electron chi connectivity index (χ1n) is 7.39. The minimum atomic E-state index is -0.756. The predicted molar refractivity (Wildman–Crippen MR) is 84.2 cm³/mol. The first-order valence-corrected chi connectivity index (χ1v) is 8.21. The molecule has 0 radical (unpaired) electrons. The average molecular weight is 305 g/mol. The van der Waals surface area contributed by atoms with E-state index in [9.17, 15) is 4.79 Å². The van der Waals surface area contributed by atoms with E-state index in [0.29, 0.717) is 13.0 Å². The molecule has 1 aliphatic carbocycles. The normalized spacial score (nSPS) is 14.1. The number of hydrogen-bond acceptors (Lipinski definition) is 5. The summed E-state index contributed by atoms with van der Waals surface area (Å²) in [6.07, 6.45) is 5.52. The summed E-state index contributed by atoms with van der Waals surface area (Å²) < 4.78 is 0. The summed E-state index contributed by atoms with van der Waals surface area (Å²) in [4.78, 5) is 22.2. The SMILES string of the molecule is Cc1nc(NCCCC(=O)O)c2c3c(sc2n1)CCCC3. The number of aliphatic carboxylic acids is 1. The molecule has 0 saturated carbocycles. The summed E-state index contributed by atoms with van der Waals surface area (Å²) in [7, 11) is 0. The van der Waals surface area contributed by atoms with Gasteiger partial charge in [0, 0.05) is 17.8 Å². The molecule has 0 bridgehead atoms. The Morgan fingerprint density at radius 1 is 1.33 bits per heavy atom. The van der Waals surface area contributed by atoms with Crippen LogP contribution in [0.4, 0.5) is 5.82 Å². The van der Waals surface area contributed by atoms with Gasteiger partial charge in [0.2, 0.25) is 0 Å². The van der Waals surface area contributed by atoms with Crippen molar-refractivity contribution < 1.29 is 9.90 Å². The molecule has 0 aliphatic heterocycles. The zero-order valence-corrected chi connectivity index (χ0v) is 12.9. The zero-order chi connectivity index (χ0) is 14.8. The number of carboxylic acids is 1. The highest BCUT2D eigenvalue weighted by atomic mass is 32.1. The van der Waals surface area contributed by atoms with Gasteiger partial charge in [0.15, 0.2) is 0 Å². The lowest BCUT2D eigenvalue weighted by molar-refractivity contribution is -0.137. The van der Waals surface area contributed by atoms with Crippen LogP contribution < -0.4 is 5.32 Å². The Hall–Kier alpha value is -1.69. The van der Waals surface area contributed by atoms with Crippen molar-refractivity contribution in [3.63, 3.8) is 0 Å². The third-order valence-electron chi connectivity index (χ3n) is 3.79. The van der Waals surface area contributed by atoms with Crippen LogP contribution in [0.25, 0.3) is 10.2 Å². The lowest BCUT2D eigenvalue weighted by Gasteiger charge is -2.12. The van der Waals surface area contributed by atoms with Crippen molar-refractivity contribution in [3.8, 4) is 0 Å². The molecule has 112 valence electrons. The lowest BCUT2D eigenvalue weighted by atomic mass is 9.97. The Morgan fingerprint density at radius 3 is 2.95 bits per heavy atom. The largest absolute Gasteiger partial charge is 0.481 e.